The molecule has 2 aromatic carbocycles. The fraction of sp³-hybridized carbons (Fsp3) is 0.150. The highest BCUT2D eigenvalue weighted by Gasteiger charge is 2.16. The van der Waals surface area contributed by atoms with Gasteiger partial charge in [-0.25, -0.2) is 14.6 Å². The molecule has 26 heavy (non-hydrogen) atoms. The van der Waals surface area contributed by atoms with Crippen LogP contribution in [0.25, 0.3) is 22.2 Å². The minimum Gasteiger partial charge on any atom is -0.497 e. The lowest BCUT2D eigenvalue weighted by atomic mass is 10.0. The van der Waals surface area contributed by atoms with Crippen molar-refractivity contribution in [3.8, 4) is 17.0 Å². The van der Waals surface area contributed by atoms with Crippen LogP contribution < -0.4 is 4.74 Å². The number of hydrogen-bond acceptors (Lipinski definition) is 6. The third kappa shape index (κ3) is 3.64. The van der Waals surface area contributed by atoms with E-state index in [9.17, 15) is 9.59 Å². The molecule has 0 saturated heterocycles. The van der Waals surface area contributed by atoms with Crippen molar-refractivity contribution >= 4 is 22.8 Å². The van der Waals surface area contributed by atoms with Crippen molar-refractivity contribution in [3.63, 3.8) is 0 Å². The number of aromatic nitrogens is 1. The topological polar surface area (TPSA) is 74.7 Å². The molecule has 0 saturated carbocycles. The third-order valence-corrected chi connectivity index (χ3v) is 3.87. The van der Waals surface area contributed by atoms with E-state index >= 15 is 0 Å². The van der Waals surface area contributed by atoms with E-state index in [1.807, 2.05) is 42.5 Å². The number of para-hydroxylation sites is 1. The molecule has 0 radical (unpaired) electrons. The standard InChI is InChI=1S/C20H17NO5/c1-24-14-9-7-13(8-10-14)18-11-16(20(23)26-12-19(22)25-2)15-5-3-4-6-17(15)21-18/h3-11H,12H2,1-2H3. The molecule has 6 heteroatoms. The smallest absolute Gasteiger partial charge is 0.344 e. The molecule has 0 N–H and O–H groups in total. The van der Waals surface area contributed by atoms with Crippen LogP contribution in [0.4, 0.5) is 0 Å². The fourth-order valence-electron chi connectivity index (χ4n) is 2.52. The van der Waals surface area contributed by atoms with Gasteiger partial charge in [-0.1, -0.05) is 18.2 Å². The van der Waals surface area contributed by atoms with Crippen LogP contribution in [0.3, 0.4) is 0 Å². The van der Waals surface area contributed by atoms with Crippen LogP contribution in [0.2, 0.25) is 0 Å². The third-order valence-electron chi connectivity index (χ3n) is 3.87. The zero-order valence-corrected chi connectivity index (χ0v) is 14.4. The number of hydrogen-bond donors (Lipinski definition) is 0. The molecule has 1 heterocycles. The second-order valence-corrected chi connectivity index (χ2v) is 5.45. The van der Waals surface area contributed by atoms with E-state index in [0.29, 0.717) is 22.2 Å². The summed E-state index contributed by atoms with van der Waals surface area (Å²) in [6, 6.07) is 16.3. The Hall–Kier alpha value is -3.41. The van der Waals surface area contributed by atoms with Crippen LogP contribution in [0.15, 0.2) is 54.6 Å². The number of rotatable bonds is 5. The highest BCUT2D eigenvalue weighted by atomic mass is 16.6. The van der Waals surface area contributed by atoms with Gasteiger partial charge in [0.15, 0.2) is 6.61 Å². The zero-order chi connectivity index (χ0) is 18.5. The van der Waals surface area contributed by atoms with Gasteiger partial charge < -0.3 is 14.2 Å². The summed E-state index contributed by atoms with van der Waals surface area (Å²) in [5.41, 5.74) is 2.45. The number of esters is 2. The van der Waals surface area contributed by atoms with Crippen molar-refractivity contribution in [1.29, 1.82) is 0 Å². The number of ether oxygens (including phenoxy) is 3. The van der Waals surface area contributed by atoms with Gasteiger partial charge in [-0.3, -0.25) is 0 Å². The molecule has 3 rings (SSSR count). The van der Waals surface area contributed by atoms with E-state index in [1.54, 1.807) is 19.2 Å². The van der Waals surface area contributed by atoms with Gasteiger partial charge >= 0.3 is 11.9 Å². The number of pyridine rings is 1. The van der Waals surface area contributed by atoms with Gasteiger partial charge in [0.05, 0.1) is 31.0 Å². The summed E-state index contributed by atoms with van der Waals surface area (Å²) >= 11 is 0. The second kappa shape index (κ2) is 7.65. The lowest BCUT2D eigenvalue weighted by Crippen LogP contribution is -2.15. The predicted octanol–water partition coefficient (Wildman–Crippen LogP) is 3.24. The van der Waals surface area contributed by atoms with Crippen molar-refractivity contribution in [2.45, 2.75) is 0 Å². The Kier molecular flexibility index (Phi) is 5.12. The molecule has 0 unspecified atom stereocenters. The molecular formula is C20H17NO5. The normalized spacial score (nSPS) is 10.4. The number of nitrogens with zero attached hydrogens (tertiary/aromatic N) is 1. The van der Waals surface area contributed by atoms with Crippen molar-refractivity contribution < 1.29 is 23.8 Å². The van der Waals surface area contributed by atoms with Crippen LogP contribution in [0.1, 0.15) is 10.4 Å². The van der Waals surface area contributed by atoms with Crippen LogP contribution in [0, 0.1) is 0 Å². The molecule has 132 valence electrons. The lowest BCUT2D eigenvalue weighted by Gasteiger charge is -2.10. The van der Waals surface area contributed by atoms with Crippen molar-refractivity contribution in [2.24, 2.45) is 0 Å². The Labute approximate surface area is 150 Å². The maximum atomic E-state index is 12.5. The Balaban J connectivity index is 2.03. The van der Waals surface area contributed by atoms with Crippen molar-refractivity contribution in [3.05, 3.63) is 60.2 Å². The summed E-state index contributed by atoms with van der Waals surface area (Å²) in [5.74, 6) is -0.497. The lowest BCUT2D eigenvalue weighted by molar-refractivity contribution is -0.144. The minimum absolute atomic E-state index is 0.338. The quantitative estimate of drug-likeness (QED) is 0.657. The van der Waals surface area contributed by atoms with Gasteiger partial charge in [-0.2, -0.15) is 0 Å². The molecule has 1 aromatic heterocycles. The minimum atomic E-state index is -0.618. The Morgan fingerprint density at radius 3 is 2.42 bits per heavy atom. The molecule has 0 amide bonds. The zero-order valence-electron chi connectivity index (χ0n) is 14.4. The number of carbonyl (C=O) groups excluding carboxylic acids is 2. The Morgan fingerprint density at radius 1 is 1.00 bits per heavy atom. The average molecular weight is 351 g/mol. The first-order valence-corrected chi connectivity index (χ1v) is 7.90. The number of methoxy groups -OCH3 is 2. The summed E-state index contributed by atoms with van der Waals surface area (Å²) < 4.78 is 14.7. The van der Waals surface area contributed by atoms with Crippen molar-refractivity contribution in [1.82, 2.24) is 4.98 Å². The molecule has 0 atom stereocenters. The molecule has 0 spiro atoms. The number of benzene rings is 2. The van der Waals surface area contributed by atoms with Crippen LogP contribution in [-0.4, -0.2) is 37.7 Å². The highest BCUT2D eigenvalue weighted by Crippen LogP contribution is 2.26. The SMILES string of the molecule is COC(=O)COC(=O)c1cc(-c2ccc(OC)cc2)nc2ccccc12. The Morgan fingerprint density at radius 2 is 1.73 bits per heavy atom. The molecule has 3 aromatic rings. The summed E-state index contributed by atoms with van der Waals surface area (Å²) in [5, 5.41) is 0.652. The summed E-state index contributed by atoms with van der Waals surface area (Å²) in [4.78, 5) is 28.3. The largest absolute Gasteiger partial charge is 0.497 e. The monoisotopic (exact) mass is 351 g/mol. The highest BCUT2D eigenvalue weighted by molar-refractivity contribution is 6.05. The average Bonchev–Trinajstić information content (AvgIpc) is 2.70. The Bertz CT molecular complexity index is 950. The first-order chi connectivity index (χ1) is 12.6. The van der Waals surface area contributed by atoms with Gasteiger partial charge in [0.25, 0.3) is 0 Å². The van der Waals surface area contributed by atoms with Crippen LogP contribution in [-0.2, 0) is 14.3 Å². The summed E-state index contributed by atoms with van der Waals surface area (Å²) in [6.45, 7) is -0.441. The predicted molar refractivity (Wildman–Crippen MR) is 96.0 cm³/mol. The van der Waals surface area contributed by atoms with Gasteiger partial charge in [0, 0.05) is 10.9 Å². The maximum Gasteiger partial charge on any atom is 0.344 e. The van der Waals surface area contributed by atoms with Gasteiger partial charge in [0.1, 0.15) is 5.75 Å². The fourth-order valence-corrected chi connectivity index (χ4v) is 2.52. The van der Waals surface area contributed by atoms with E-state index in [0.717, 1.165) is 11.3 Å². The van der Waals surface area contributed by atoms with Gasteiger partial charge in [-0.15, -0.1) is 0 Å². The second-order valence-electron chi connectivity index (χ2n) is 5.45. The molecule has 6 nitrogen and oxygen atoms in total. The first-order valence-electron chi connectivity index (χ1n) is 7.90. The number of fused-ring (bicyclic) bond motifs is 1. The van der Waals surface area contributed by atoms with E-state index < -0.39 is 18.5 Å². The van der Waals surface area contributed by atoms with E-state index in [1.165, 1.54) is 7.11 Å². The molecule has 0 aliphatic carbocycles. The molecule has 0 bridgehead atoms. The maximum absolute atomic E-state index is 12.5. The molecule has 0 aliphatic rings. The van der Waals surface area contributed by atoms with Crippen LogP contribution >= 0.6 is 0 Å². The molecular weight excluding hydrogens is 334 g/mol. The van der Waals surface area contributed by atoms with Gasteiger partial charge in [-0.05, 0) is 36.4 Å². The van der Waals surface area contributed by atoms with E-state index in [2.05, 4.69) is 9.72 Å². The first kappa shape index (κ1) is 17.4. The van der Waals surface area contributed by atoms with Crippen LogP contribution in [0.5, 0.6) is 5.75 Å². The summed E-state index contributed by atoms with van der Waals surface area (Å²) in [6.07, 6.45) is 0. The van der Waals surface area contributed by atoms with Gasteiger partial charge in [0.2, 0.25) is 0 Å². The van der Waals surface area contributed by atoms with E-state index in [4.69, 9.17) is 9.47 Å². The van der Waals surface area contributed by atoms with E-state index in [-0.39, 0.29) is 0 Å². The summed E-state index contributed by atoms with van der Waals surface area (Å²) in [7, 11) is 2.83. The molecule has 0 fully saturated rings. The van der Waals surface area contributed by atoms with Crippen molar-refractivity contribution in [2.75, 3.05) is 20.8 Å². The molecule has 0 aliphatic heterocycles. The number of carbonyl (C=O) groups is 2.